The molecule has 134 valence electrons. The monoisotopic (exact) mass is 409 g/mol. The van der Waals surface area contributed by atoms with Gasteiger partial charge in [-0.15, -0.1) is 0 Å². The summed E-state index contributed by atoms with van der Waals surface area (Å²) in [5.41, 5.74) is 6.50. The Morgan fingerprint density at radius 2 is 2.04 bits per heavy atom. The zero-order valence-corrected chi connectivity index (χ0v) is 15.9. The fourth-order valence-corrected chi connectivity index (χ4v) is 3.11. The lowest BCUT2D eigenvalue weighted by Gasteiger charge is -2.27. The van der Waals surface area contributed by atoms with Gasteiger partial charge < -0.3 is 20.7 Å². The second-order valence-corrected chi connectivity index (χ2v) is 6.69. The number of anilines is 1. The lowest BCUT2D eigenvalue weighted by atomic mass is 10.0. The SMILES string of the molecule is COc1ccccc1C(CNc1cc(Br)cc(F)c1C(N)=O)N(C)C. The van der Waals surface area contributed by atoms with Crippen LogP contribution in [0.15, 0.2) is 40.9 Å². The van der Waals surface area contributed by atoms with Crippen molar-refractivity contribution in [1.82, 2.24) is 4.90 Å². The first-order chi connectivity index (χ1) is 11.8. The number of rotatable bonds is 7. The Bertz CT molecular complexity index is 768. The molecule has 3 N–H and O–H groups in total. The van der Waals surface area contributed by atoms with Crippen LogP contribution < -0.4 is 15.8 Å². The maximum atomic E-state index is 14.1. The number of nitrogens with one attached hydrogen (secondary N) is 1. The molecule has 25 heavy (non-hydrogen) atoms. The molecule has 0 aliphatic carbocycles. The number of ether oxygens (including phenoxy) is 1. The van der Waals surface area contributed by atoms with Gasteiger partial charge in [0, 0.05) is 16.6 Å². The zero-order chi connectivity index (χ0) is 18.6. The average Bonchev–Trinajstić information content (AvgIpc) is 2.54. The van der Waals surface area contributed by atoms with Crippen LogP contribution in [0.4, 0.5) is 10.1 Å². The number of methoxy groups -OCH3 is 1. The summed E-state index contributed by atoms with van der Waals surface area (Å²) >= 11 is 3.24. The Labute approximate surface area is 155 Å². The molecule has 2 aromatic rings. The van der Waals surface area contributed by atoms with Crippen molar-refractivity contribution in [3.8, 4) is 5.75 Å². The minimum atomic E-state index is -0.814. The molecule has 2 rings (SSSR count). The number of nitrogens with two attached hydrogens (primary N) is 1. The fraction of sp³-hybridized carbons (Fsp3) is 0.278. The number of hydrogen-bond donors (Lipinski definition) is 2. The number of halogens is 2. The van der Waals surface area contributed by atoms with E-state index < -0.39 is 11.7 Å². The minimum absolute atomic E-state index is 0.0566. The van der Waals surface area contributed by atoms with Gasteiger partial charge in [0.25, 0.3) is 5.91 Å². The molecule has 0 aliphatic heterocycles. The number of primary amides is 1. The van der Waals surface area contributed by atoms with Crippen LogP contribution in [0.2, 0.25) is 0 Å². The molecular weight excluding hydrogens is 389 g/mol. The number of carbonyl (C=O) groups excluding carboxylic acids is 1. The summed E-state index contributed by atoms with van der Waals surface area (Å²) in [6.07, 6.45) is 0. The smallest absolute Gasteiger partial charge is 0.253 e. The molecule has 1 amide bonds. The number of benzene rings is 2. The fourth-order valence-electron chi connectivity index (χ4n) is 2.68. The Kier molecular flexibility index (Phi) is 6.39. The largest absolute Gasteiger partial charge is 0.496 e. The van der Waals surface area contributed by atoms with Crippen LogP contribution >= 0.6 is 15.9 Å². The maximum absolute atomic E-state index is 14.1. The topological polar surface area (TPSA) is 67.6 Å². The maximum Gasteiger partial charge on any atom is 0.253 e. The molecule has 0 heterocycles. The molecule has 0 radical (unpaired) electrons. The van der Waals surface area contributed by atoms with Crippen LogP contribution in [0.1, 0.15) is 22.0 Å². The number of nitrogens with zero attached hydrogens (tertiary/aromatic N) is 1. The van der Waals surface area contributed by atoms with Crippen LogP contribution in [0.25, 0.3) is 0 Å². The molecule has 7 heteroatoms. The Morgan fingerprint density at radius 3 is 2.64 bits per heavy atom. The van der Waals surface area contributed by atoms with Gasteiger partial charge in [0.1, 0.15) is 11.6 Å². The molecule has 0 aliphatic rings. The van der Waals surface area contributed by atoms with Crippen molar-refractivity contribution >= 4 is 27.5 Å². The summed E-state index contributed by atoms with van der Waals surface area (Å²) in [5, 5.41) is 3.14. The lowest BCUT2D eigenvalue weighted by Crippen LogP contribution is -2.28. The first kappa shape index (κ1) is 19.2. The molecule has 1 atom stereocenters. The molecule has 0 saturated heterocycles. The summed E-state index contributed by atoms with van der Waals surface area (Å²) in [6, 6.07) is 10.5. The first-order valence-corrected chi connectivity index (χ1v) is 8.46. The van der Waals surface area contributed by atoms with Gasteiger partial charge in [0.05, 0.1) is 24.4 Å². The van der Waals surface area contributed by atoms with Crippen LogP contribution in [0, 0.1) is 5.82 Å². The van der Waals surface area contributed by atoms with Crippen molar-refractivity contribution in [3.63, 3.8) is 0 Å². The predicted octanol–water partition coefficient (Wildman–Crippen LogP) is 3.41. The van der Waals surface area contributed by atoms with Crippen molar-refractivity contribution in [2.75, 3.05) is 33.1 Å². The van der Waals surface area contributed by atoms with Crippen LogP contribution in [-0.2, 0) is 0 Å². The van der Waals surface area contributed by atoms with E-state index in [1.807, 2.05) is 43.3 Å². The Morgan fingerprint density at radius 1 is 1.36 bits per heavy atom. The molecular formula is C18H21BrFN3O2. The van der Waals surface area contributed by atoms with Crippen LogP contribution in [0.5, 0.6) is 5.75 Å². The second kappa shape index (κ2) is 8.31. The first-order valence-electron chi connectivity index (χ1n) is 7.67. The summed E-state index contributed by atoms with van der Waals surface area (Å²) in [5.74, 6) is -0.715. The summed E-state index contributed by atoms with van der Waals surface area (Å²) in [4.78, 5) is 13.6. The van der Waals surface area contributed by atoms with E-state index in [0.717, 1.165) is 11.3 Å². The molecule has 0 bridgehead atoms. The lowest BCUT2D eigenvalue weighted by molar-refractivity contribution is 0.0997. The normalized spacial score (nSPS) is 12.1. The van der Waals surface area contributed by atoms with Gasteiger partial charge in [-0.2, -0.15) is 0 Å². The Hall–Kier alpha value is -2.12. The van der Waals surface area contributed by atoms with Crippen molar-refractivity contribution in [2.45, 2.75) is 6.04 Å². The number of likely N-dealkylation sites (N-methyl/N-ethyl adjacent to an activating group) is 1. The molecule has 0 saturated carbocycles. The zero-order valence-electron chi connectivity index (χ0n) is 14.3. The standard InChI is InChI=1S/C18H21BrFN3O2/c1-23(2)15(12-6-4-5-7-16(12)25-3)10-22-14-9-11(19)8-13(20)17(14)18(21)24/h4-9,15,22H,10H2,1-3H3,(H2,21,24). The third-order valence-corrected chi connectivity index (χ3v) is 4.37. The number of amides is 1. The molecule has 0 aromatic heterocycles. The third kappa shape index (κ3) is 4.49. The van der Waals surface area contributed by atoms with E-state index in [4.69, 9.17) is 10.5 Å². The third-order valence-electron chi connectivity index (χ3n) is 3.91. The molecule has 0 fully saturated rings. The van der Waals surface area contributed by atoms with E-state index in [-0.39, 0.29) is 11.6 Å². The van der Waals surface area contributed by atoms with Crippen molar-refractivity contribution < 1.29 is 13.9 Å². The van der Waals surface area contributed by atoms with E-state index in [9.17, 15) is 9.18 Å². The van der Waals surface area contributed by atoms with Gasteiger partial charge in [-0.25, -0.2) is 4.39 Å². The highest BCUT2D eigenvalue weighted by molar-refractivity contribution is 9.10. The number of para-hydroxylation sites is 1. The van der Waals surface area contributed by atoms with Gasteiger partial charge in [-0.1, -0.05) is 34.1 Å². The Balaban J connectivity index is 2.33. The van der Waals surface area contributed by atoms with E-state index in [1.54, 1.807) is 13.2 Å². The summed E-state index contributed by atoms with van der Waals surface area (Å²) in [7, 11) is 5.50. The van der Waals surface area contributed by atoms with E-state index in [2.05, 4.69) is 21.2 Å². The minimum Gasteiger partial charge on any atom is -0.496 e. The van der Waals surface area contributed by atoms with Crippen LogP contribution in [0.3, 0.4) is 0 Å². The van der Waals surface area contributed by atoms with E-state index >= 15 is 0 Å². The van der Waals surface area contributed by atoms with Gasteiger partial charge in [-0.05, 0) is 32.3 Å². The summed E-state index contributed by atoms with van der Waals surface area (Å²) < 4.78 is 20.0. The highest BCUT2D eigenvalue weighted by Crippen LogP contribution is 2.30. The second-order valence-electron chi connectivity index (χ2n) is 5.78. The van der Waals surface area contributed by atoms with Gasteiger partial charge in [0.2, 0.25) is 0 Å². The van der Waals surface area contributed by atoms with Crippen LogP contribution in [-0.4, -0.2) is 38.6 Å². The van der Waals surface area contributed by atoms with Crippen molar-refractivity contribution in [1.29, 1.82) is 0 Å². The molecule has 5 nitrogen and oxygen atoms in total. The average molecular weight is 410 g/mol. The van der Waals surface area contributed by atoms with E-state index in [0.29, 0.717) is 16.7 Å². The van der Waals surface area contributed by atoms with Gasteiger partial charge >= 0.3 is 0 Å². The van der Waals surface area contributed by atoms with Gasteiger partial charge in [-0.3, -0.25) is 4.79 Å². The number of carbonyl (C=O) groups is 1. The highest BCUT2D eigenvalue weighted by Gasteiger charge is 2.20. The molecule has 1 unspecified atom stereocenters. The highest BCUT2D eigenvalue weighted by atomic mass is 79.9. The van der Waals surface area contributed by atoms with E-state index in [1.165, 1.54) is 6.07 Å². The van der Waals surface area contributed by atoms with Crippen molar-refractivity contribution in [3.05, 3.63) is 57.8 Å². The predicted molar refractivity (Wildman–Crippen MR) is 101 cm³/mol. The molecule has 0 spiro atoms. The summed E-state index contributed by atoms with van der Waals surface area (Å²) in [6.45, 7) is 0.434. The molecule has 2 aromatic carbocycles. The van der Waals surface area contributed by atoms with Gasteiger partial charge in [0.15, 0.2) is 0 Å². The van der Waals surface area contributed by atoms with Crippen molar-refractivity contribution in [2.24, 2.45) is 5.73 Å². The number of hydrogen-bond acceptors (Lipinski definition) is 4. The quantitative estimate of drug-likeness (QED) is 0.734.